The van der Waals surface area contributed by atoms with E-state index in [1.165, 1.54) is 19.3 Å². The molecule has 0 radical (unpaired) electrons. The zero-order valence-corrected chi connectivity index (χ0v) is 11.2. The third kappa shape index (κ3) is 10.3. The van der Waals surface area contributed by atoms with Gasteiger partial charge < -0.3 is 4.74 Å². The summed E-state index contributed by atoms with van der Waals surface area (Å²) in [4.78, 5) is 11.1. The Bertz CT molecular complexity index is 137. The smallest absolute Gasteiger partial charge is 0.305 e. The SMILES string of the molecule is CCCCCCCC(=O)OCCCI. The first-order valence-electron chi connectivity index (χ1n) is 5.52. The molecule has 0 aromatic rings. The molecule has 84 valence electrons. The van der Waals surface area contributed by atoms with E-state index in [1.54, 1.807) is 0 Å². The fourth-order valence-corrected chi connectivity index (χ4v) is 1.50. The number of alkyl halides is 1. The summed E-state index contributed by atoms with van der Waals surface area (Å²) in [6.07, 6.45) is 7.51. The van der Waals surface area contributed by atoms with Gasteiger partial charge >= 0.3 is 5.97 Å². The highest BCUT2D eigenvalue weighted by Gasteiger charge is 2.01. The lowest BCUT2D eigenvalue weighted by Crippen LogP contribution is -2.05. The Hall–Kier alpha value is 0.200. The lowest BCUT2D eigenvalue weighted by molar-refractivity contribution is -0.143. The van der Waals surface area contributed by atoms with Gasteiger partial charge in [0.2, 0.25) is 0 Å². The first kappa shape index (κ1) is 14.2. The zero-order chi connectivity index (χ0) is 10.6. The van der Waals surface area contributed by atoms with E-state index in [1.807, 2.05) is 0 Å². The fraction of sp³-hybridized carbons (Fsp3) is 0.909. The molecular weight excluding hydrogens is 291 g/mol. The predicted octanol–water partition coefficient (Wildman–Crippen LogP) is 3.72. The molecule has 0 atom stereocenters. The summed E-state index contributed by atoms with van der Waals surface area (Å²) < 4.78 is 6.10. The van der Waals surface area contributed by atoms with Gasteiger partial charge in [0, 0.05) is 10.8 Å². The van der Waals surface area contributed by atoms with Gasteiger partial charge in [0.1, 0.15) is 0 Å². The molecule has 0 saturated carbocycles. The minimum Gasteiger partial charge on any atom is -0.466 e. The molecule has 0 N–H and O–H groups in total. The Morgan fingerprint density at radius 1 is 1.14 bits per heavy atom. The summed E-state index contributed by atoms with van der Waals surface area (Å²) in [5, 5.41) is 0. The highest BCUT2D eigenvalue weighted by molar-refractivity contribution is 14.1. The Kier molecular flexibility index (Phi) is 11.4. The van der Waals surface area contributed by atoms with E-state index in [9.17, 15) is 4.79 Å². The summed E-state index contributed by atoms with van der Waals surface area (Å²) in [6.45, 7) is 2.79. The summed E-state index contributed by atoms with van der Waals surface area (Å²) >= 11 is 2.29. The average Bonchev–Trinajstić information content (AvgIpc) is 2.18. The molecule has 0 bridgehead atoms. The van der Waals surface area contributed by atoms with Crippen molar-refractivity contribution >= 4 is 28.6 Å². The second-order valence-corrected chi connectivity index (χ2v) is 4.51. The number of halogens is 1. The molecule has 0 unspecified atom stereocenters. The third-order valence-corrected chi connectivity index (χ3v) is 2.79. The van der Waals surface area contributed by atoms with Gasteiger partial charge in [-0.25, -0.2) is 0 Å². The lowest BCUT2D eigenvalue weighted by Gasteiger charge is -2.03. The minimum absolute atomic E-state index is 0.0219. The molecule has 14 heavy (non-hydrogen) atoms. The zero-order valence-electron chi connectivity index (χ0n) is 9.06. The summed E-state index contributed by atoms with van der Waals surface area (Å²) in [5.74, 6) is -0.0219. The molecule has 3 heteroatoms. The minimum atomic E-state index is -0.0219. The van der Waals surface area contributed by atoms with Crippen LogP contribution in [0.2, 0.25) is 0 Å². The van der Waals surface area contributed by atoms with E-state index in [-0.39, 0.29) is 5.97 Å². The van der Waals surface area contributed by atoms with Gasteiger partial charge in [-0.3, -0.25) is 4.79 Å². The van der Waals surface area contributed by atoms with Crippen LogP contribution < -0.4 is 0 Å². The van der Waals surface area contributed by atoms with E-state index in [2.05, 4.69) is 29.5 Å². The number of hydrogen-bond acceptors (Lipinski definition) is 2. The average molecular weight is 312 g/mol. The Balaban J connectivity index is 3.10. The molecule has 0 aliphatic rings. The molecular formula is C11H21IO2. The van der Waals surface area contributed by atoms with Gasteiger partial charge in [0.15, 0.2) is 0 Å². The van der Waals surface area contributed by atoms with Crippen molar-refractivity contribution in [2.24, 2.45) is 0 Å². The van der Waals surface area contributed by atoms with Crippen molar-refractivity contribution in [1.29, 1.82) is 0 Å². The van der Waals surface area contributed by atoms with E-state index >= 15 is 0 Å². The van der Waals surface area contributed by atoms with Crippen LogP contribution in [0.5, 0.6) is 0 Å². The van der Waals surface area contributed by atoms with Crippen molar-refractivity contribution in [2.45, 2.75) is 51.9 Å². The van der Waals surface area contributed by atoms with Gasteiger partial charge in [0.25, 0.3) is 0 Å². The number of rotatable bonds is 9. The van der Waals surface area contributed by atoms with Crippen molar-refractivity contribution < 1.29 is 9.53 Å². The van der Waals surface area contributed by atoms with Gasteiger partial charge in [-0.15, -0.1) is 0 Å². The molecule has 0 rings (SSSR count). The third-order valence-electron chi connectivity index (χ3n) is 2.03. The van der Waals surface area contributed by atoms with Gasteiger partial charge in [-0.1, -0.05) is 55.2 Å². The number of esters is 1. The molecule has 0 fully saturated rings. The molecule has 0 amide bonds. The van der Waals surface area contributed by atoms with E-state index in [4.69, 9.17) is 4.74 Å². The molecule has 0 aliphatic carbocycles. The maximum absolute atomic E-state index is 11.1. The van der Waals surface area contributed by atoms with E-state index in [0.717, 1.165) is 23.7 Å². The first-order chi connectivity index (χ1) is 6.81. The van der Waals surface area contributed by atoms with Gasteiger partial charge in [-0.05, 0) is 12.8 Å². The number of carbonyl (C=O) groups excluding carboxylic acids is 1. The van der Waals surface area contributed by atoms with Crippen LogP contribution in [-0.2, 0) is 9.53 Å². The van der Waals surface area contributed by atoms with Gasteiger partial charge in [-0.2, -0.15) is 0 Å². The summed E-state index contributed by atoms with van der Waals surface area (Å²) in [7, 11) is 0. The second-order valence-electron chi connectivity index (χ2n) is 3.43. The number of carbonyl (C=O) groups is 1. The van der Waals surface area contributed by atoms with Crippen LogP contribution in [0.1, 0.15) is 51.9 Å². The number of unbranched alkanes of at least 4 members (excludes halogenated alkanes) is 4. The Morgan fingerprint density at radius 2 is 1.86 bits per heavy atom. The Morgan fingerprint density at radius 3 is 2.50 bits per heavy atom. The topological polar surface area (TPSA) is 26.3 Å². The monoisotopic (exact) mass is 312 g/mol. The van der Waals surface area contributed by atoms with E-state index in [0.29, 0.717) is 13.0 Å². The molecule has 0 aromatic carbocycles. The van der Waals surface area contributed by atoms with Crippen molar-refractivity contribution in [3.05, 3.63) is 0 Å². The maximum Gasteiger partial charge on any atom is 0.305 e. The highest BCUT2D eigenvalue weighted by Crippen LogP contribution is 2.05. The van der Waals surface area contributed by atoms with E-state index < -0.39 is 0 Å². The van der Waals surface area contributed by atoms with Crippen molar-refractivity contribution in [3.8, 4) is 0 Å². The lowest BCUT2D eigenvalue weighted by atomic mass is 10.1. The summed E-state index contributed by atoms with van der Waals surface area (Å²) in [6, 6.07) is 0. The van der Waals surface area contributed by atoms with Crippen LogP contribution in [0, 0.1) is 0 Å². The molecule has 0 heterocycles. The van der Waals surface area contributed by atoms with Crippen LogP contribution in [0.15, 0.2) is 0 Å². The molecule has 0 aromatic heterocycles. The van der Waals surface area contributed by atoms with Crippen LogP contribution in [0.25, 0.3) is 0 Å². The fourth-order valence-electron chi connectivity index (χ4n) is 1.19. The standard InChI is InChI=1S/C11H21IO2/c1-2-3-4-5-6-8-11(13)14-10-7-9-12/h2-10H2,1H3. The molecule has 0 spiro atoms. The number of hydrogen-bond donors (Lipinski definition) is 0. The first-order valence-corrected chi connectivity index (χ1v) is 7.05. The quantitative estimate of drug-likeness (QED) is 0.281. The molecule has 2 nitrogen and oxygen atoms in total. The largest absolute Gasteiger partial charge is 0.466 e. The van der Waals surface area contributed by atoms with Gasteiger partial charge in [0.05, 0.1) is 6.61 Å². The second kappa shape index (κ2) is 11.3. The number of ether oxygens (including phenoxy) is 1. The van der Waals surface area contributed by atoms with Crippen molar-refractivity contribution in [3.63, 3.8) is 0 Å². The maximum atomic E-state index is 11.1. The van der Waals surface area contributed by atoms with Crippen LogP contribution in [0.4, 0.5) is 0 Å². The Labute approximate surface area is 101 Å². The predicted molar refractivity (Wildman–Crippen MR) is 67.8 cm³/mol. The molecule has 0 saturated heterocycles. The van der Waals surface area contributed by atoms with Crippen LogP contribution in [0.3, 0.4) is 0 Å². The van der Waals surface area contributed by atoms with Crippen molar-refractivity contribution in [2.75, 3.05) is 11.0 Å². The highest BCUT2D eigenvalue weighted by atomic mass is 127. The molecule has 0 aliphatic heterocycles. The van der Waals surface area contributed by atoms with Crippen LogP contribution >= 0.6 is 22.6 Å². The van der Waals surface area contributed by atoms with Crippen molar-refractivity contribution in [1.82, 2.24) is 0 Å². The normalized spacial score (nSPS) is 10.1. The van der Waals surface area contributed by atoms with Crippen LogP contribution in [-0.4, -0.2) is 17.0 Å². The summed E-state index contributed by atoms with van der Waals surface area (Å²) in [5.41, 5.74) is 0.